The van der Waals surface area contributed by atoms with Gasteiger partial charge in [-0.05, 0) is 61.2 Å². The summed E-state index contributed by atoms with van der Waals surface area (Å²) in [5.41, 5.74) is 8.10. The highest BCUT2D eigenvalue weighted by Gasteiger charge is 2.18. The van der Waals surface area contributed by atoms with Gasteiger partial charge in [-0.1, -0.05) is 0 Å². The van der Waals surface area contributed by atoms with Crippen LogP contribution in [-0.2, 0) is 6.54 Å². The van der Waals surface area contributed by atoms with E-state index in [1.165, 1.54) is 0 Å². The van der Waals surface area contributed by atoms with Crippen molar-refractivity contribution in [3.05, 3.63) is 54.4 Å². The highest BCUT2D eigenvalue weighted by Crippen LogP contribution is 2.23. The third-order valence-electron chi connectivity index (χ3n) is 5.04. The van der Waals surface area contributed by atoms with Crippen molar-refractivity contribution >= 4 is 22.3 Å². The van der Waals surface area contributed by atoms with Gasteiger partial charge in [0, 0.05) is 49.2 Å². The van der Waals surface area contributed by atoms with E-state index in [-0.39, 0.29) is 6.10 Å². The van der Waals surface area contributed by atoms with Gasteiger partial charge >= 0.3 is 0 Å². The molecule has 0 bridgehead atoms. The van der Waals surface area contributed by atoms with E-state index in [1.807, 2.05) is 36.5 Å². The summed E-state index contributed by atoms with van der Waals surface area (Å²) in [6.07, 6.45) is 5.91. The van der Waals surface area contributed by atoms with Crippen molar-refractivity contribution in [1.29, 1.82) is 0 Å². The highest BCUT2D eigenvalue weighted by atomic mass is 16.5. The number of aromatic nitrogens is 2. The van der Waals surface area contributed by atoms with Crippen LogP contribution in [0.25, 0.3) is 10.8 Å². The van der Waals surface area contributed by atoms with Crippen molar-refractivity contribution in [2.75, 3.05) is 31.2 Å². The van der Waals surface area contributed by atoms with Gasteiger partial charge in [0.05, 0.1) is 0 Å². The standard InChI is InChI=1S/C21H25N5O/c1-26-10-6-18(7-11-26)27-20-12-15(4-8-23-20)14-25-17-2-3-19-16(13-17)5-9-24-21(19)22/h2-5,8-9,12-13,18,25H,6-7,10-11,14H2,1H3,(H2,22,24). The first kappa shape index (κ1) is 17.5. The summed E-state index contributed by atoms with van der Waals surface area (Å²) in [5, 5.41) is 5.51. The van der Waals surface area contributed by atoms with Gasteiger partial charge in [-0.2, -0.15) is 0 Å². The molecule has 0 radical (unpaired) electrons. The Labute approximate surface area is 159 Å². The minimum absolute atomic E-state index is 0.261. The van der Waals surface area contributed by atoms with Crippen molar-refractivity contribution in [2.24, 2.45) is 0 Å². The molecule has 0 spiro atoms. The van der Waals surface area contributed by atoms with Gasteiger partial charge in [-0.3, -0.25) is 0 Å². The van der Waals surface area contributed by atoms with Gasteiger partial charge in [-0.15, -0.1) is 0 Å². The molecule has 1 aliphatic heterocycles. The van der Waals surface area contributed by atoms with Crippen molar-refractivity contribution in [2.45, 2.75) is 25.5 Å². The minimum Gasteiger partial charge on any atom is -0.474 e. The van der Waals surface area contributed by atoms with Crippen LogP contribution in [0.15, 0.2) is 48.8 Å². The van der Waals surface area contributed by atoms with Gasteiger partial charge in [0.25, 0.3) is 0 Å². The van der Waals surface area contributed by atoms with E-state index < -0.39 is 0 Å². The van der Waals surface area contributed by atoms with Gasteiger partial charge < -0.3 is 20.7 Å². The Kier molecular flexibility index (Phi) is 5.07. The van der Waals surface area contributed by atoms with Crippen LogP contribution in [0.4, 0.5) is 11.5 Å². The van der Waals surface area contributed by atoms with Crippen molar-refractivity contribution in [3.8, 4) is 5.88 Å². The molecule has 1 aromatic carbocycles. The second-order valence-corrected chi connectivity index (χ2v) is 7.11. The Morgan fingerprint density at radius 3 is 2.78 bits per heavy atom. The lowest BCUT2D eigenvalue weighted by atomic mass is 10.1. The lowest BCUT2D eigenvalue weighted by Crippen LogP contribution is -2.35. The van der Waals surface area contributed by atoms with Crippen molar-refractivity contribution in [1.82, 2.24) is 14.9 Å². The van der Waals surface area contributed by atoms with Gasteiger partial charge in [0.1, 0.15) is 11.9 Å². The molecule has 1 fully saturated rings. The van der Waals surface area contributed by atoms with E-state index >= 15 is 0 Å². The first-order chi connectivity index (χ1) is 13.2. The normalized spacial score (nSPS) is 15.7. The molecule has 0 saturated carbocycles. The summed E-state index contributed by atoms with van der Waals surface area (Å²) in [6.45, 7) is 2.86. The van der Waals surface area contributed by atoms with Crippen LogP contribution in [0.5, 0.6) is 5.88 Å². The van der Waals surface area contributed by atoms with Crippen LogP contribution in [0.1, 0.15) is 18.4 Å². The molecule has 2 aromatic heterocycles. The maximum atomic E-state index is 6.08. The average molecular weight is 363 g/mol. The molecule has 1 saturated heterocycles. The number of likely N-dealkylation sites (tertiary alicyclic amines) is 1. The summed E-state index contributed by atoms with van der Waals surface area (Å²) < 4.78 is 6.08. The van der Waals surface area contributed by atoms with Crippen LogP contribution >= 0.6 is 0 Å². The van der Waals surface area contributed by atoms with E-state index in [0.29, 0.717) is 18.2 Å². The molecule has 6 heteroatoms. The zero-order valence-corrected chi connectivity index (χ0v) is 15.6. The van der Waals surface area contributed by atoms with Gasteiger partial charge in [-0.25, -0.2) is 9.97 Å². The second kappa shape index (κ2) is 7.80. The van der Waals surface area contributed by atoms with E-state index in [2.05, 4.69) is 33.3 Å². The SMILES string of the molecule is CN1CCC(Oc2cc(CNc3ccc4c(N)nccc4c3)ccn2)CC1. The molecule has 0 aliphatic carbocycles. The number of hydrogen-bond acceptors (Lipinski definition) is 6. The number of benzene rings is 1. The number of ether oxygens (including phenoxy) is 1. The molecule has 27 heavy (non-hydrogen) atoms. The number of pyridine rings is 2. The highest BCUT2D eigenvalue weighted by molar-refractivity contribution is 5.92. The maximum absolute atomic E-state index is 6.08. The number of nitrogens with two attached hydrogens (primary N) is 1. The fraction of sp³-hybridized carbons (Fsp3) is 0.333. The number of nitrogen functional groups attached to an aromatic ring is 1. The molecule has 6 nitrogen and oxygen atoms in total. The number of nitrogens with one attached hydrogen (secondary N) is 1. The second-order valence-electron chi connectivity index (χ2n) is 7.11. The quantitative estimate of drug-likeness (QED) is 0.724. The molecule has 1 aliphatic rings. The lowest BCUT2D eigenvalue weighted by molar-refractivity contribution is 0.110. The van der Waals surface area contributed by atoms with E-state index in [4.69, 9.17) is 10.5 Å². The van der Waals surface area contributed by atoms with Crippen LogP contribution in [0.3, 0.4) is 0 Å². The number of rotatable bonds is 5. The van der Waals surface area contributed by atoms with Crippen LogP contribution < -0.4 is 15.8 Å². The minimum atomic E-state index is 0.261. The first-order valence-electron chi connectivity index (χ1n) is 9.35. The first-order valence-corrected chi connectivity index (χ1v) is 9.35. The molecule has 4 rings (SSSR count). The molecular formula is C21H25N5O. The molecule has 0 unspecified atom stereocenters. The summed E-state index contributed by atoms with van der Waals surface area (Å²) >= 11 is 0. The number of anilines is 2. The monoisotopic (exact) mass is 363 g/mol. The largest absolute Gasteiger partial charge is 0.474 e. The smallest absolute Gasteiger partial charge is 0.213 e. The van der Waals surface area contributed by atoms with Crippen LogP contribution in [-0.4, -0.2) is 41.1 Å². The third kappa shape index (κ3) is 4.28. The number of fused-ring (bicyclic) bond motifs is 1. The van der Waals surface area contributed by atoms with Gasteiger partial charge in [0.2, 0.25) is 5.88 Å². The Bertz CT molecular complexity index is 921. The number of hydrogen-bond donors (Lipinski definition) is 2. The fourth-order valence-electron chi connectivity index (χ4n) is 3.41. The molecule has 0 atom stereocenters. The summed E-state index contributed by atoms with van der Waals surface area (Å²) in [4.78, 5) is 10.8. The molecule has 0 amide bonds. The fourth-order valence-corrected chi connectivity index (χ4v) is 3.41. The predicted molar refractivity (Wildman–Crippen MR) is 109 cm³/mol. The predicted octanol–water partition coefficient (Wildman–Crippen LogP) is 3.30. The topological polar surface area (TPSA) is 76.3 Å². The zero-order chi connectivity index (χ0) is 18.6. The molecule has 3 heterocycles. The molecular weight excluding hydrogens is 338 g/mol. The Morgan fingerprint density at radius 1 is 1.11 bits per heavy atom. The maximum Gasteiger partial charge on any atom is 0.213 e. The molecule has 3 aromatic rings. The van der Waals surface area contributed by atoms with Gasteiger partial charge in [0.15, 0.2) is 0 Å². The Hall–Kier alpha value is -2.86. The Balaban J connectivity index is 1.40. The summed E-state index contributed by atoms with van der Waals surface area (Å²) in [5.74, 6) is 1.27. The lowest BCUT2D eigenvalue weighted by Gasteiger charge is -2.29. The molecule has 3 N–H and O–H groups in total. The average Bonchev–Trinajstić information content (AvgIpc) is 2.69. The van der Waals surface area contributed by atoms with E-state index in [9.17, 15) is 0 Å². The zero-order valence-electron chi connectivity index (χ0n) is 15.6. The number of nitrogens with zero attached hydrogens (tertiary/aromatic N) is 3. The summed E-state index contributed by atoms with van der Waals surface area (Å²) in [6, 6.07) is 12.1. The van der Waals surface area contributed by atoms with E-state index in [1.54, 1.807) is 6.20 Å². The van der Waals surface area contributed by atoms with Crippen LogP contribution in [0, 0.1) is 0 Å². The number of piperidine rings is 1. The van der Waals surface area contributed by atoms with Crippen molar-refractivity contribution < 1.29 is 4.74 Å². The summed E-state index contributed by atoms with van der Waals surface area (Å²) in [7, 11) is 2.15. The Morgan fingerprint density at radius 2 is 1.93 bits per heavy atom. The van der Waals surface area contributed by atoms with Crippen molar-refractivity contribution in [3.63, 3.8) is 0 Å². The third-order valence-corrected chi connectivity index (χ3v) is 5.04. The molecule has 140 valence electrons. The van der Waals surface area contributed by atoms with E-state index in [0.717, 1.165) is 48.0 Å². The van der Waals surface area contributed by atoms with Crippen LogP contribution in [0.2, 0.25) is 0 Å².